The molecule has 0 spiro atoms. The van der Waals surface area contributed by atoms with E-state index in [0.29, 0.717) is 6.29 Å². The average molecular weight is 209 g/mol. The van der Waals surface area contributed by atoms with Crippen molar-refractivity contribution in [2.75, 3.05) is 0 Å². The lowest BCUT2D eigenvalue weighted by molar-refractivity contribution is -0.103. The molecule has 0 aromatic heterocycles. The second-order valence-corrected chi connectivity index (χ2v) is 2.81. The highest BCUT2D eigenvalue weighted by Crippen LogP contribution is 2.10. The molecule has 0 aliphatic carbocycles. The summed E-state index contributed by atoms with van der Waals surface area (Å²) < 4.78 is 0.968. The third-order valence-corrected chi connectivity index (χ3v) is 1.59. The number of benzene rings is 1. The van der Waals surface area contributed by atoms with Crippen LogP contribution < -0.4 is 0 Å². The first-order chi connectivity index (χ1) is 5.33. The van der Waals surface area contributed by atoms with Crippen molar-refractivity contribution >= 4 is 22.2 Å². The van der Waals surface area contributed by atoms with Gasteiger partial charge in [-0.25, -0.2) is 0 Å². The van der Waals surface area contributed by atoms with Gasteiger partial charge < -0.3 is 0 Å². The van der Waals surface area contributed by atoms with E-state index in [4.69, 9.17) is 0 Å². The van der Waals surface area contributed by atoms with Gasteiger partial charge in [0.2, 0.25) is 0 Å². The van der Waals surface area contributed by atoms with E-state index in [-0.39, 0.29) is 0 Å². The Labute approximate surface area is 73.6 Å². The molecule has 0 radical (unpaired) electrons. The molecule has 0 atom stereocenters. The lowest BCUT2D eigenvalue weighted by Gasteiger charge is -1.89. The second-order valence-electron chi connectivity index (χ2n) is 1.90. The SMILES string of the molecule is O=CC#Cc1cccc(Br)c1. The molecule has 0 aliphatic rings. The normalized spacial score (nSPS) is 8.09. The minimum absolute atomic E-state index is 0.584. The maximum Gasteiger partial charge on any atom is 0.193 e. The van der Waals surface area contributed by atoms with Crippen LogP contribution in [0.1, 0.15) is 5.56 Å². The molecule has 2 heteroatoms. The summed E-state index contributed by atoms with van der Waals surface area (Å²) in [4.78, 5) is 9.88. The van der Waals surface area contributed by atoms with Crippen molar-refractivity contribution < 1.29 is 4.79 Å². The Morgan fingerprint density at radius 1 is 1.45 bits per heavy atom. The van der Waals surface area contributed by atoms with E-state index in [1.54, 1.807) is 0 Å². The smallest absolute Gasteiger partial charge is 0.193 e. The molecule has 0 saturated heterocycles. The number of hydrogen-bond donors (Lipinski definition) is 0. The topological polar surface area (TPSA) is 17.1 Å². The van der Waals surface area contributed by atoms with Gasteiger partial charge in [0.15, 0.2) is 6.29 Å². The number of rotatable bonds is 0. The fourth-order valence-electron chi connectivity index (χ4n) is 0.679. The van der Waals surface area contributed by atoms with E-state index < -0.39 is 0 Å². The Balaban J connectivity index is 2.96. The summed E-state index contributed by atoms with van der Waals surface area (Å²) in [5, 5.41) is 0. The van der Waals surface area contributed by atoms with Crippen molar-refractivity contribution in [2.24, 2.45) is 0 Å². The van der Waals surface area contributed by atoms with E-state index in [1.165, 1.54) is 0 Å². The van der Waals surface area contributed by atoms with E-state index >= 15 is 0 Å². The molecule has 0 unspecified atom stereocenters. The lowest BCUT2D eigenvalue weighted by Crippen LogP contribution is -1.72. The van der Waals surface area contributed by atoms with Crippen molar-refractivity contribution in [3.05, 3.63) is 34.3 Å². The van der Waals surface area contributed by atoms with Gasteiger partial charge in [-0.15, -0.1) is 0 Å². The van der Waals surface area contributed by atoms with E-state index in [1.807, 2.05) is 24.3 Å². The molecular weight excluding hydrogens is 204 g/mol. The van der Waals surface area contributed by atoms with Crippen LogP contribution in [-0.4, -0.2) is 6.29 Å². The predicted octanol–water partition coefficient (Wildman–Crippen LogP) is 2.00. The number of aldehydes is 1. The standard InChI is InChI=1S/C9H5BrO/c10-9-5-1-3-8(7-9)4-2-6-11/h1,3,5-7H. The fraction of sp³-hybridized carbons (Fsp3) is 0. The molecule has 0 saturated carbocycles. The summed E-state index contributed by atoms with van der Waals surface area (Å²) in [5.74, 6) is 5.03. The number of halogens is 1. The van der Waals surface area contributed by atoms with Crippen LogP contribution in [0.15, 0.2) is 28.7 Å². The highest BCUT2D eigenvalue weighted by Gasteiger charge is 1.86. The monoisotopic (exact) mass is 208 g/mol. The van der Waals surface area contributed by atoms with Gasteiger partial charge in [-0.1, -0.05) is 27.9 Å². The quantitative estimate of drug-likeness (QED) is 0.471. The minimum Gasteiger partial charge on any atom is -0.289 e. The molecule has 0 N–H and O–H groups in total. The Morgan fingerprint density at radius 2 is 2.27 bits per heavy atom. The van der Waals surface area contributed by atoms with Crippen LogP contribution >= 0.6 is 15.9 Å². The second kappa shape index (κ2) is 3.95. The van der Waals surface area contributed by atoms with Gasteiger partial charge in [-0.05, 0) is 24.1 Å². The van der Waals surface area contributed by atoms with E-state index in [2.05, 4.69) is 27.8 Å². The first-order valence-corrected chi connectivity index (χ1v) is 3.83. The van der Waals surface area contributed by atoms with Gasteiger partial charge >= 0.3 is 0 Å². The molecule has 0 amide bonds. The van der Waals surface area contributed by atoms with Crippen LogP contribution in [0.4, 0.5) is 0 Å². The molecule has 0 heterocycles. The molecule has 1 rings (SSSR count). The van der Waals surface area contributed by atoms with Gasteiger partial charge in [0, 0.05) is 10.0 Å². The Hall–Kier alpha value is -1.07. The summed E-state index contributed by atoms with van der Waals surface area (Å²) >= 11 is 3.30. The van der Waals surface area contributed by atoms with Crippen molar-refractivity contribution in [2.45, 2.75) is 0 Å². The molecule has 0 fully saturated rings. The summed E-state index contributed by atoms with van der Waals surface area (Å²) in [6.45, 7) is 0. The summed E-state index contributed by atoms with van der Waals surface area (Å²) in [6.07, 6.45) is 0.584. The molecule has 1 aromatic rings. The largest absolute Gasteiger partial charge is 0.289 e. The zero-order chi connectivity index (χ0) is 8.10. The summed E-state index contributed by atoms with van der Waals surface area (Å²) in [6, 6.07) is 7.49. The molecule has 1 nitrogen and oxygen atoms in total. The molecule has 54 valence electrons. The average Bonchev–Trinajstić information content (AvgIpc) is 2.01. The Kier molecular flexibility index (Phi) is 2.88. The van der Waals surface area contributed by atoms with Crippen molar-refractivity contribution in [1.29, 1.82) is 0 Å². The lowest BCUT2D eigenvalue weighted by atomic mass is 10.2. The van der Waals surface area contributed by atoms with Crippen molar-refractivity contribution in [1.82, 2.24) is 0 Å². The van der Waals surface area contributed by atoms with Crippen LogP contribution in [0.2, 0.25) is 0 Å². The molecule has 11 heavy (non-hydrogen) atoms. The maximum atomic E-state index is 9.88. The zero-order valence-corrected chi connectivity index (χ0v) is 7.26. The first-order valence-electron chi connectivity index (χ1n) is 3.03. The Bertz CT molecular complexity index is 320. The van der Waals surface area contributed by atoms with Gasteiger partial charge in [-0.2, -0.15) is 0 Å². The molecule has 0 aliphatic heterocycles. The van der Waals surface area contributed by atoms with Gasteiger partial charge in [0.1, 0.15) is 0 Å². The maximum absolute atomic E-state index is 9.88. The fourth-order valence-corrected chi connectivity index (χ4v) is 1.08. The Morgan fingerprint density at radius 3 is 2.91 bits per heavy atom. The third-order valence-electron chi connectivity index (χ3n) is 1.10. The van der Waals surface area contributed by atoms with Gasteiger partial charge in [0.05, 0.1) is 0 Å². The zero-order valence-electron chi connectivity index (χ0n) is 5.67. The highest BCUT2D eigenvalue weighted by atomic mass is 79.9. The van der Waals surface area contributed by atoms with Crippen LogP contribution in [-0.2, 0) is 4.79 Å². The van der Waals surface area contributed by atoms with E-state index in [0.717, 1.165) is 10.0 Å². The number of carbonyl (C=O) groups is 1. The number of carbonyl (C=O) groups excluding carboxylic acids is 1. The molecule has 0 bridgehead atoms. The summed E-state index contributed by atoms with van der Waals surface area (Å²) in [7, 11) is 0. The van der Waals surface area contributed by atoms with Crippen LogP contribution in [0.3, 0.4) is 0 Å². The van der Waals surface area contributed by atoms with Gasteiger partial charge in [0.25, 0.3) is 0 Å². The predicted molar refractivity (Wildman–Crippen MR) is 47.1 cm³/mol. The molecular formula is C9H5BrO. The van der Waals surface area contributed by atoms with Crippen LogP contribution in [0.5, 0.6) is 0 Å². The molecule has 1 aromatic carbocycles. The highest BCUT2D eigenvalue weighted by molar-refractivity contribution is 9.10. The van der Waals surface area contributed by atoms with E-state index in [9.17, 15) is 4.79 Å². The first kappa shape index (κ1) is 8.03. The minimum atomic E-state index is 0.584. The van der Waals surface area contributed by atoms with Crippen LogP contribution in [0, 0.1) is 11.8 Å². The van der Waals surface area contributed by atoms with Gasteiger partial charge in [-0.3, -0.25) is 4.79 Å². The summed E-state index contributed by atoms with van der Waals surface area (Å²) in [5.41, 5.74) is 0.839. The number of hydrogen-bond acceptors (Lipinski definition) is 1. The third kappa shape index (κ3) is 2.57. The van der Waals surface area contributed by atoms with Crippen molar-refractivity contribution in [3.8, 4) is 11.8 Å². The van der Waals surface area contributed by atoms with Crippen LogP contribution in [0.25, 0.3) is 0 Å². The van der Waals surface area contributed by atoms with Crippen molar-refractivity contribution in [3.63, 3.8) is 0 Å².